The SMILES string of the molecule is Cc1ncc(C(F)(F)F)c(CCc2ccccc2C(C)C(N)=O)n1. The van der Waals surface area contributed by atoms with E-state index in [1.165, 1.54) is 0 Å². The van der Waals surface area contributed by atoms with Crippen molar-refractivity contribution in [2.24, 2.45) is 5.73 Å². The molecule has 0 fully saturated rings. The van der Waals surface area contributed by atoms with Crippen molar-refractivity contribution in [1.82, 2.24) is 9.97 Å². The molecule has 0 aliphatic heterocycles. The van der Waals surface area contributed by atoms with Crippen molar-refractivity contribution in [2.45, 2.75) is 38.8 Å². The number of carbonyl (C=O) groups is 1. The number of aromatic nitrogens is 2. The summed E-state index contributed by atoms with van der Waals surface area (Å²) in [6, 6.07) is 7.10. The van der Waals surface area contributed by atoms with Crippen LogP contribution in [0.15, 0.2) is 30.5 Å². The van der Waals surface area contributed by atoms with Gasteiger partial charge in [0.2, 0.25) is 5.91 Å². The third kappa shape index (κ3) is 4.10. The Morgan fingerprint density at radius 3 is 2.54 bits per heavy atom. The quantitative estimate of drug-likeness (QED) is 0.911. The largest absolute Gasteiger partial charge is 0.419 e. The van der Waals surface area contributed by atoms with Crippen molar-refractivity contribution in [2.75, 3.05) is 0 Å². The van der Waals surface area contributed by atoms with E-state index in [4.69, 9.17) is 5.73 Å². The topological polar surface area (TPSA) is 68.9 Å². The van der Waals surface area contributed by atoms with E-state index in [-0.39, 0.29) is 17.9 Å². The summed E-state index contributed by atoms with van der Waals surface area (Å²) >= 11 is 0. The second-order valence-electron chi connectivity index (χ2n) is 5.60. The molecule has 2 rings (SSSR count). The molecule has 0 bridgehead atoms. The summed E-state index contributed by atoms with van der Waals surface area (Å²) in [6.07, 6.45) is -3.26. The van der Waals surface area contributed by atoms with E-state index in [1.807, 2.05) is 0 Å². The molecule has 1 unspecified atom stereocenters. The number of nitrogens with two attached hydrogens (primary N) is 1. The van der Waals surface area contributed by atoms with E-state index in [0.717, 1.165) is 17.3 Å². The van der Waals surface area contributed by atoms with E-state index in [0.29, 0.717) is 6.42 Å². The lowest BCUT2D eigenvalue weighted by Gasteiger charge is -2.15. The molecule has 2 aromatic rings. The number of hydrogen-bond donors (Lipinski definition) is 1. The molecule has 0 radical (unpaired) electrons. The predicted octanol–water partition coefficient (Wildman–Crippen LogP) is 3.18. The number of alkyl halides is 3. The van der Waals surface area contributed by atoms with Crippen LogP contribution >= 0.6 is 0 Å². The normalized spacial score (nSPS) is 12.9. The number of amides is 1. The van der Waals surface area contributed by atoms with E-state index in [2.05, 4.69) is 9.97 Å². The highest BCUT2D eigenvalue weighted by Crippen LogP contribution is 2.31. The Morgan fingerprint density at radius 1 is 1.25 bits per heavy atom. The molecule has 2 N–H and O–H groups in total. The van der Waals surface area contributed by atoms with E-state index < -0.39 is 23.6 Å². The van der Waals surface area contributed by atoms with Crippen molar-refractivity contribution in [3.8, 4) is 0 Å². The van der Waals surface area contributed by atoms with E-state index in [9.17, 15) is 18.0 Å². The van der Waals surface area contributed by atoms with Crippen LogP contribution in [0, 0.1) is 6.92 Å². The zero-order valence-corrected chi connectivity index (χ0v) is 13.4. The van der Waals surface area contributed by atoms with Crippen molar-refractivity contribution < 1.29 is 18.0 Å². The van der Waals surface area contributed by atoms with Crippen LogP contribution in [0.3, 0.4) is 0 Å². The Morgan fingerprint density at radius 2 is 1.92 bits per heavy atom. The zero-order chi connectivity index (χ0) is 17.9. The Hall–Kier alpha value is -2.44. The smallest absolute Gasteiger partial charge is 0.369 e. The first kappa shape index (κ1) is 17.9. The molecule has 1 amide bonds. The van der Waals surface area contributed by atoms with Crippen molar-refractivity contribution in [1.29, 1.82) is 0 Å². The fraction of sp³-hybridized carbons (Fsp3) is 0.353. The first-order chi connectivity index (χ1) is 11.2. The molecule has 0 aliphatic rings. The van der Waals surface area contributed by atoms with Crippen LogP contribution in [0.1, 0.15) is 41.1 Å². The number of primary amides is 1. The van der Waals surface area contributed by atoms with Gasteiger partial charge < -0.3 is 5.73 Å². The van der Waals surface area contributed by atoms with Crippen LogP contribution in [0.5, 0.6) is 0 Å². The van der Waals surface area contributed by atoms with Gasteiger partial charge in [0.15, 0.2) is 0 Å². The Balaban J connectivity index is 2.30. The molecule has 1 aromatic carbocycles. The summed E-state index contributed by atoms with van der Waals surface area (Å²) in [5.41, 5.74) is 5.98. The third-order valence-corrected chi connectivity index (χ3v) is 3.87. The molecule has 0 saturated heterocycles. The molecule has 0 aliphatic carbocycles. The standard InChI is InChI=1S/C17H18F3N3O/c1-10(16(21)24)13-6-4-3-5-12(13)7-8-15-14(17(18,19)20)9-22-11(2)23-15/h3-6,9-10H,7-8H2,1-2H3,(H2,21,24). The molecule has 1 aromatic heterocycles. The molecule has 128 valence electrons. The molecule has 7 heteroatoms. The summed E-state index contributed by atoms with van der Waals surface area (Å²) in [5, 5.41) is 0. The van der Waals surface area contributed by atoms with Gasteiger partial charge in [0.25, 0.3) is 0 Å². The third-order valence-electron chi connectivity index (χ3n) is 3.87. The number of halogens is 3. The minimum absolute atomic E-state index is 0.0449. The number of benzene rings is 1. The summed E-state index contributed by atoms with van der Waals surface area (Å²) in [4.78, 5) is 19.0. The minimum Gasteiger partial charge on any atom is -0.369 e. The average molecular weight is 337 g/mol. The predicted molar refractivity (Wildman–Crippen MR) is 83.2 cm³/mol. The maximum Gasteiger partial charge on any atom is 0.419 e. The van der Waals surface area contributed by atoms with Gasteiger partial charge in [-0.25, -0.2) is 9.97 Å². The van der Waals surface area contributed by atoms with Crippen LogP contribution in [0.25, 0.3) is 0 Å². The highest BCUT2D eigenvalue weighted by Gasteiger charge is 2.34. The van der Waals surface area contributed by atoms with Gasteiger partial charge in [-0.15, -0.1) is 0 Å². The van der Waals surface area contributed by atoms with E-state index in [1.54, 1.807) is 38.1 Å². The lowest BCUT2D eigenvalue weighted by molar-refractivity contribution is -0.138. The maximum atomic E-state index is 13.1. The molecule has 0 spiro atoms. The van der Waals surface area contributed by atoms with Crippen LogP contribution in [0.4, 0.5) is 13.2 Å². The minimum atomic E-state index is -4.50. The molecule has 24 heavy (non-hydrogen) atoms. The highest BCUT2D eigenvalue weighted by atomic mass is 19.4. The average Bonchev–Trinajstić information content (AvgIpc) is 2.51. The zero-order valence-electron chi connectivity index (χ0n) is 13.4. The van der Waals surface area contributed by atoms with Gasteiger partial charge in [-0.05, 0) is 37.8 Å². The lowest BCUT2D eigenvalue weighted by Crippen LogP contribution is -2.20. The summed E-state index contributed by atoms with van der Waals surface area (Å²) in [5.74, 6) is -0.691. The summed E-state index contributed by atoms with van der Waals surface area (Å²) in [7, 11) is 0. The van der Waals surface area contributed by atoms with Gasteiger partial charge in [-0.3, -0.25) is 4.79 Å². The van der Waals surface area contributed by atoms with Gasteiger partial charge in [-0.2, -0.15) is 13.2 Å². The number of aryl methyl sites for hydroxylation is 3. The van der Waals surface area contributed by atoms with Crippen molar-refractivity contribution in [3.05, 3.63) is 58.7 Å². The highest BCUT2D eigenvalue weighted by molar-refractivity contribution is 5.81. The molecule has 1 heterocycles. The lowest BCUT2D eigenvalue weighted by atomic mass is 9.92. The number of carbonyl (C=O) groups excluding carboxylic acids is 1. The van der Waals surface area contributed by atoms with Crippen molar-refractivity contribution in [3.63, 3.8) is 0 Å². The Bertz CT molecular complexity index is 744. The van der Waals surface area contributed by atoms with E-state index >= 15 is 0 Å². The number of nitrogens with zero attached hydrogens (tertiary/aromatic N) is 2. The molecular formula is C17H18F3N3O. The van der Waals surface area contributed by atoms with Gasteiger partial charge in [-0.1, -0.05) is 24.3 Å². The first-order valence-corrected chi connectivity index (χ1v) is 7.47. The Labute approximate surface area is 137 Å². The second kappa shape index (κ2) is 6.98. The van der Waals surface area contributed by atoms with Gasteiger partial charge in [0, 0.05) is 6.20 Å². The number of hydrogen-bond acceptors (Lipinski definition) is 3. The maximum absolute atomic E-state index is 13.1. The molecule has 1 atom stereocenters. The van der Waals surface area contributed by atoms with Gasteiger partial charge in [0.05, 0.1) is 17.2 Å². The van der Waals surface area contributed by atoms with Crippen molar-refractivity contribution >= 4 is 5.91 Å². The molecular weight excluding hydrogens is 319 g/mol. The fourth-order valence-corrected chi connectivity index (χ4v) is 2.53. The Kier molecular flexibility index (Phi) is 5.21. The van der Waals surface area contributed by atoms with Crippen LogP contribution in [-0.2, 0) is 23.8 Å². The number of rotatable bonds is 5. The van der Waals surface area contributed by atoms with Crippen LogP contribution < -0.4 is 5.73 Å². The summed E-state index contributed by atoms with van der Waals surface area (Å²) < 4.78 is 39.2. The van der Waals surface area contributed by atoms with Crippen LogP contribution in [0.2, 0.25) is 0 Å². The second-order valence-corrected chi connectivity index (χ2v) is 5.60. The first-order valence-electron chi connectivity index (χ1n) is 7.47. The summed E-state index contributed by atoms with van der Waals surface area (Å²) in [6.45, 7) is 3.23. The van der Waals surface area contributed by atoms with Gasteiger partial charge >= 0.3 is 6.18 Å². The monoisotopic (exact) mass is 337 g/mol. The van der Waals surface area contributed by atoms with Crippen LogP contribution in [-0.4, -0.2) is 15.9 Å². The molecule has 0 saturated carbocycles. The fourth-order valence-electron chi connectivity index (χ4n) is 2.53. The molecule has 4 nitrogen and oxygen atoms in total. The van der Waals surface area contributed by atoms with Gasteiger partial charge in [0.1, 0.15) is 5.82 Å².